The van der Waals surface area contributed by atoms with Crippen LogP contribution < -0.4 is 0 Å². The first kappa shape index (κ1) is 10.9. The van der Waals surface area contributed by atoms with Crippen molar-refractivity contribution in [3.63, 3.8) is 0 Å². The highest BCUT2D eigenvalue weighted by Gasteiger charge is 1.86. The lowest BCUT2D eigenvalue weighted by Gasteiger charge is -1.92. The van der Waals surface area contributed by atoms with E-state index >= 15 is 0 Å². The summed E-state index contributed by atoms with van der Waals surface area (Å²) in [5, 5.41) is 0.799. The Kier molecular flexibility index (Phi) is 6.48. The van der Waals surface area contributed by atoms with Crippen LogP contribution in [0.4, 0.5) is 0 Å². The Balaban J connectivity index is 0.000000461. The fourth-order valence-electron chi connectivity index (χ4n) is 0.571. The molecule has 1 rings (SSSR count). The molecule has 0 aliphatic heterocycles. The Morgan fingerprint density at radius 2 is 1.55 bits per heavy atom. The average Bonchev–Trinajstić information content (AvgIpc) is 2.10. The predicted molar refractivity (Wildman–Crippen MR) is 54.6 cm³/mol. The van der Waals surface area contributed by atoms with Gasteiger partial charge in [-0.15, -0.1) is 11.8 Å². The minimum absolute atomic E-state index is 0.799. The molecule has 0 saturated heterocycles. The second-order valence-corrected chi connectivity index (χ2v) is 2.97. The molecule has 0 aliphatic carbocycles. The molecular weight excluding hydrogens is 176 g/mol. The molecule has 1 aromatic carbocycles. The lowest BCUT2D eigenvalue weighted by molar-refractivity contribution is 1.47. The van der Waals surface area contributed by atoms with E-state index in [-0.39, 0.29) is 0 Å². The third-order valence-corrected chi connectivity index (χ3v) is 2.04. The molecule has 2 heteroatoms. The molecule has 0 bridgehead atoms. The maximum atomic E-state index is 5.66. The van der Waals surface area contributed by atoms with Crippen LogP contribution in [0.5, 0.6) is 0 Å². The summed E-state index contributed by atoms with van der Waals surface area (Å²) in [5.41, 5.74) is 0. The molecule has 0 fully saturated rings. The summed E-state index contributed by atoms with van der Waals surface area (Å²) in [6.07, 6.45) is 2.04. The topological polar surface area (TPSA) is 0 Å². The van der Waals surface area contributed by atoms with Crippen LogP contribution >= 0.6 is 23.4 Å². The van der Waals surface area contributed by atoms with Crippen LogP contribution in [-0.2, 0) is 0 Å². The fourth-order valence-corrected chi connectivity index (χ4v) is 1.10. The van der Waals surface area contributed by atoms with E-state index in [1.165, 1.54) is 4.90 Å². The van der Waals surface area contributed by atoms with Crippen molar-refractivity contribution in [2.45, 2.75) is 18.7 Å². The van der Waals surface area contributed by atoms with Crippen molar-refractivity contribution in [3.8, 4) is 0 Å². The Morgan fingerprint density at radius 1 is 1.09 bits per heavy atom. The minimum Gasteiger partial charge on any atom is -0.130 e. The monoisotopic (exact) mass is 188 g/mol. The molecule has 11 heavy (non-hydrogen) atoms. The third-order valence-electron chi connectivity index (χ3n) is 1.05. The quantitative estimate of drug-likeness (QED) is 0.599. The molecule has 0 atom stereocenters. The normalized spacial score (nSPS) is 8.36. The predicted octanol–water partition coefficient (Wildman–Crippen LogP) is 4.09. The first-order chi connectivity index (χ1) is 5.33. The van der Waals surface area contributed by atoms with Gasteiger partial charge in [0.2, 0.25) is 0 Å². The van der Waals surface area contributed by atoms with Crippen LogP contribution in [0.3, 0.4) is 0 Å². The zero-order chi connectivity index (χ0) is 8.69. The van der Waals surface area contributed by atoms with Crippen LogP contribution in [-0.4, -0.2) is 6.26 Å². The molecule has 0 saturated carbocycles. The molecule has 1 aromatic rings. The molecule has 62 valence electrons. The van der Waals surface area contributed by atoms with Gasteiger partial charge in [-0.2, -0.15) is 0 Å². The summed E-state index contributed by atoms with van der Waals surface area (Å²) in [7, 11) is 0. The van der Waals surface area contributed by atoms with Crippen molar-refractivity contribution >= 4 is 23.4 Å². The van der Waals surface area contributed by atoms with Gasteiger partial charge in [-0.05, 0) is 30.5 Å². The third kappa shape index (κ3) is 4.33. The van der Waals surface area contributed by atoms with Crippen molar-refractivity contribution in [2.24, 2.45) is 0 Å². The van der Waals surface area contributed by atoms with Crippen molar-refractivity contribution in [1.29, 1.82) is 0 Å². The summed E-state index contributed by atoms with van der Waals surface area (Å²) in [6.45, 7) is 4.00. The first-order valence-corrected chi connectivity index (χ1v) is 5.23. The maximum absolute atomic E-state index is 5.66. The van der Waals surface area contributed by atoms with Crippen molar-refractivity contribution in [3.05, 3.63) is 29.3 Å². The molecule has 0 amide bonds. The van der Waals surface area contributed by atoms with Gasteiger partial charge in [0.1, 0.15) is 0 Å². The van der Waals surface area contributed by atoms with Crippen molar-refractivity contribution in [2.75, 3.05) is 6.26 Å². The number of hydrogen-bond acceptors (Lipinski definition) is 1. The summed E-state index contributed by atoms with van der Waals surface area (Å²) < 4.78 is 0. The SMILES string of the molecule is CC.CSc1ccc(Cl)cc1. The van der Waals surface area contributed by atoms with Gasteiger partial charge in [-0.3, -0.25) is 0 Å². The van der Waals surface area contributed by atoms with E-state index in [2.05, 4.69) is 0 Å². The molecule has 0 radical (unpaired) electrons. The first-order valence-electron chi connectivity index (χ1n) is 3.62. The van der Waals surface area contributed by atoms with Crippen molar-refractivity contribution in [1.82, 2.24) is 0 Å². The summed E-state index contributed by atoms with van der Waals surface area (Å²) in [4.78, 5) is 1.25. The Hall–Kier alpha value is -0.140. The van der Waals surface area contributed by atoms with Gasteiger partial charge in [0.25, 0.3) is 0 Å². The molecule has 0 heterocycles. The van der Waals surface area contributed by atoms with Gasteiger partial charge in [-0.1, -0.05) is 25.4 Å². The van der Waals surface area contributed by atoms with E-state index in [4.69, 9.17) is 11.6 Å². The van der Waals surface area contributed by atoms with E-state index < -0.39 is 0 Å². The number of rotatable bonds is 1. The van der Waals surface area contributed by atoms with E-state index in [9.17, 15) is 0 Å². The molecule has 0 aliphatic rings. The molecule has 0 aromatic heterocycles. The van der Waals surface area contributed by atoms with Gasteiger partial charge in [0.05, 0.1) is 0 Å². The second-order valence-electron chi connectivity index (χ2n) is 1.66. The molecule has 0 N–H and O–H groups in total. The molecule has 0 nitrogen and oxygen atoms in total. The number of benzene rings is 1. The van der Waals surface area contributed by atoms with Crippen LogP contribution in [0.2, 0.25) is 5.02 Å². The number of hydrogen-bond donors (Lipinski definition) is 0. The summed E-state index contributed by atoms with van der Waals surface area (Å²) in [5.74, 6) is 0. The van der Waals surface area contributed by atoms with E-state index in [1.807, 2.05) is 44.4 Å². The lowest BCUT2D eigenvalue weighted by Crippen LogP contribution is -1.66. The van der Waals surface area contributed by atoms with Crippen LogP contribution in [0.25, 0.3) is 0 Å². The zero-order valence-corrected chi connectivity index (χ0v) is 8.67. The smallest absolute Gasteiger partial charge is 0.0406 e. The Bertz CT molecular complexity index is 181. The molecule has 0 spiro atoms. The highest BCUT2D eigenvalue weighted by molar-refractivity contribution is 7.98. The Labute approximate surface area is 78.0 Å². The van der Waals surface area contributed by atoms with Gasteiger partial charge < -0.3 is 0 Å². The van der Waals surface area contributed by atoms with E-state index in [1.54, 1.807) is 11.8 Å². The molecular formula is C9H13ClS. The molecule has 0 unspecified atom stereocenters. The second kappa shape index (κ2) is 6.56. The van der Waals surface area contributed by atoms with Gasteiger partial charge >= 0.3 is 0 Å². The van der Waals surface area contributed by atoms with Gasteiger partial charge in [0.15, 0.2) is 0 Å². The Morgan fingerprint density at radius 3 is 1.91 bits per heavy atom. The van der Waals surface area contributed by atoms with Gasteiger partial charge in [0, 0.05) is 9.92 Å². The van der Waals surface area contributed by atoms with Crippen LogP contribution in [0, 0.1) is 0 Å². The zero-order valence-electron chi connectivity index (χ0n) is 7.10. The lowest BCUT2D eigenvalue weighted by atomic mass is 10.4. The largest absolute Gasteiger partial charge is 0.130 e. The maximum Gasteiger partial charge on any atom is 0.0406 e. The van der Waals surface area contributed by atoms with E-state index in [0.717, 1.165) is 5.02 Å². The standard InChI is InChI=1S/C7H7ClS.C2H6/c1-9-7-4-2-6(8)3-5-7;1-2/h2-5H,1H3;1-2H3. The van der Waals surface area contributed by atoms with E-state index in [0.29, 0.717) is 0 Å². The van der Waals surface area contributed by atoms with Crippen LogP contribution in [0.1, 0.15) is 13.8 Å². The number of thioether (sulfide) groups is 1. The van der Waals surface area contributed by atoms with Crippen molar-refractivity contribution < 1.29 is 0 Å². The van der Waals surface area contributed by atoms with Gasteiger partial charge in [-0.25, -0.2) is 0 Å². The number of halogens is 1. The average molecular weight is 189 g/mol. The summed E-state index contributed by atoms with van der Waals surface area (Å²) in [6, 6.07) is 7.81. The van der Waals surface area contributed by atoms with Crippen LogP contribution in [0.15, 0.2) is 29.2 Å². The highest BCUT2D eigenvalue weighted by Crippen LogP contribution is 2.16. The fraction of sp³-hybridized carbons (Fsp3) is 0.333. The summed E-state index contributed by atoms with van der Waals surface area (Å²) >= 11 is 7.38. The highest BCUT2D eigenvalue weighted by atomic mass is 35.5. The minimum atomic E-state index is 0.799.